The topological polar surface area (TPSA) is 0 Å². The molecule has 0 radical (unpaired) electrons. The molecule has 0 saturated carbocycles. The van der Waals surface area contributed by atoms with Crippen molar-refractivity contribution in [2.75, 3.05) is 12.8 Å². The van der Waals surface area contributed by atoms with Crippen LogP contribution in [0.3, 0.4) is 0 Å². The Balaban J connectivity index is 0. The lowest BCUT2D eigenvalue weighted by atomic mass is 10.6. The zero-order chi connectivity index (χ0) is 4.12. The summed E-state index contributed by atoms with van der Waals surface area (Å²) < 4.78 is 0. The maximum Gasteiger partial charge on any atom is 0.0544 e. The van der Waals surface area contributed by atoms with Crippen LogP contribution >= 0.6 is 8.58 Å². The number of hydrogen-bond acceptors (Lipinski definition) is 0. The minimum absolute atomic E-state index is 0. The molecule has 1 atom stereocenters. The van der Waals surface area contributed by atoms with Gasteiger partial charge in [-0.05, 0) is 15.0 Å². The molecule has 0 aromatic rings. The summed E-state index contributed by atoms with van der Waals surface area (Å²) in [6, 6.07) is 0. The van der Waals surface area contributed by atoms with Crippen LogP contribution in [0.4, 0.5) is 0 Å². The van der Waals surface area contributed by atoms with Gasteiger partial charge in [-0.2, -0.15) is 0 Å². The first kappa shape index (κ1) is 9.87. The quantitative estimate of drug-likeness (QED) is 0.393. The molecule has 2 heteroatoms. The van der Waals surface area contributed by atoms with Crippen molar-refractivity contribution < 1.29 is 12.4 Å². The van der Waals surface area contributed by atoms with Crippen molar-refractivity contribution in [1.29, 1.82) is 0 Å². The van der Waals surface area contributed by atoms with Crippen LogP contribution in [-0.4, -0.2) is 12.8 Å². The summed E-state index contributed by atoms with van der Waals surface area (Å²) >= 11 is 0. The molecule has 6 heavy (non-hydrogen) atoms. The Bertz CT molecular complexity index is 15.0. The van der Waals surface area contributed by atoms with Crippen LogP contribution in [0.5, 0.6) is 0 Å². The molecule has 0 rings (SSSR count). The van der Waals surface area contributed by atoms with E-state index in [1.165, 1.54) is 12.6 Å². The lowest BCUT2D eigenvalue weighted by Crippen LogP contribution is -3.00. The highest BCUT2D eigenvalue weighted by atomic mass is 35.5. The monoisotopic (exact) mass is 126 g/mol. The van der Waals surface area contributed by atoms with E-state index in [0.29, 0.717) is 0 Å². The summed E-state index contributed by atoms with van der Waals surface area (Å²) in [6.45, 7) is 4.53. The fourth-order valence-electron chi connectivity index (χ4n) is 0.289. The van der Waals surface area contributed by atoms with E-state index in [1.807, 2.05) is 0 Å². The molecule has 0 aromatic heterocycles. The van der Waals surface area contributed by atoms with Gasteiger partial charge < -0.3 is 12.4 Å². The number of hydrogen-bond donors (Lipinski definition) is 0. The molecule has 0 N–H and O–H groups in total. The van der Waals surface area contributed by atoms with Crippen molar-refractivity contribution >= 4 is 8.58 Å². The van der Waals surface area contributed by atoms with Crippen molar-refractivity contribution in [3.8, 4) is 0 Å². The van der Waals surface area contributed by atoms with E-state index in [0.717, 1.165) is 8.58 Å². The number of rotatable bonds is 2. The minimum Gasteiger partial charge on any atom is -1.00 e. The second kappa shape index (κ2) is 9.21. The highest BCUT2D eigenvalue weighted by molar-refractivity contribution is 7.36. The molecular weight excluding hydrogens is 114 g/mol. The molecule has 0 aliphatic carbocycles. The Morgan fingerprint density at radius 3 is 2.00 bits per heavy atom. The van der Waals surface area contributed by atoms with E-state index in [2.05, 4.69) is 13.6 Å². The van der Waals surface area contributed by atoms with Gasteiger partial charge in [-0.15, -0.1) is 0 Å². The van der Waals surface area contributed by atoms with Crippen LogP contribution in [0.1, 0.15) is 13.3 Å². The average molecular weight is 127 g/mol. The summed E-state index contributed by atoms with van der Waals surface area (Å²) in [6.07, 6.45) is 2.85. The lowest BCUT2D eigenvalue weighted by Gasteiger charge is -1.73. The third kappa shape index (κ3) is 8.83. The van der Waals surface area contributed by atoms with Crippen LogP contribution < -0.4 is 12.4 Å². The largest absolute Gasteiger partial charge is 1.00 e. The van der Waals surface area contributed by atoms with E-state index in [1.54, 1.807) is 0 Å². The van der Waals surface area contributed by atoms with Crippen LogP contribution in [0, 0.1) is 0 Å². The molecule has 0 aliphatic heterocycles. The van der Waals surface area contributed by atoms with Gasteiger partial charge in [-0.1, -0.05) is 6.92 Å². The third-order valence-electron chi connectivity index (χ3n) is 0.577. The summed E-state index contributed by atoms with van der Waals surface area (Å²) in [5.74, 6) is 0. The fraction of sp³-hybridized carbons (Fsp3) is 1.00. The first-order valence-electron chi connectivity index (χ1n) is 2.19. The van der Waals surface area contributed by atoms with Gasteiger partial charge >= 0.3 is 0 Å². The van der Waals surface area contributed by atoms with Gasteiger partial charge in [0.15, 0.2) is 0 Å². The first-order chi connectivity index (χ1) is 2.41. The Morgan fingerprint density at radius 1 is 1.50 bits per heavy atom. The second-order valence-corrected chi connectivity index (χ2v) is 2.59. The molecule has 0 aromatic carbocycles. The molecule has 0 bridgehead atoms. The third-order valence-corrected chi connectivity index (χ3v) is 1.73. The zero-order valence-electron chi connectivity index (χ0n) is 4.37. The van der Waals surface area contributed by atoms with E-state index in [9.17, 15) is 0 Å². The van der Waals surface area contributed by atoms with Gasteiger partial charge in [0.1, 0.15) is 0 Å². The maximum absolute atomic E-state index is 2.30. The van der Waals surface area contributed by atoms with Gasteiger partial charge in [-0.25, -0.2) is 0 Å². The van der Waals surface area contributed by atoms with E-state index in [4.69, 9.17) is 0 Å². The molecule has 0 spiro atoms. The molecular formula is C4H12ClP. The van der Waals surface area contributed by atoms with Crippen molar-refractivity contribution in [2.24, 2.45) is 0 Å². The minimum atomic E-state index is 0. The lowest BCUT2D eigenvalue weighted by molar-refractivity contribution is -0.00000117. The fourth-order valence-corrected chi connectivity index (χ4v) is 0.866. The van der Waals surface area contributed by atoms with Crippen LogP contribution in [0.25, 0.3) is 0 Å². The number of halogens is 1. The van der Waals surface area contributed by atoms with Crippen molar-refractivity contribution in [1.82, 2.24) is 0 Å². The maximum atomic E-state index is 2.30. The summed E-state index contributed by atoms with van der Waals surface area (Å²) in [4.78, 5) is 0. The van der Waals surface area contributed by atoms with Crippen LogP contribution in [-0.2, 0) is 0 Å². The average Bonchev–Trinajstić information content (AvgIpc) is 1.41. The van der Waals surface area contributed by atoms with Gasteiger partial charge in [0.25, 0.3) is 0 Å². The van der Waals surface area contributed by atoms with Crippen molar-refractivity contribution in [2.45, 2.75) is 13.3 Å². The Hall–Kier alpha value is 0.720. The Morgan fingerprint density at radius 2 is 2.00 bits per heavy atom. The molecule has 0 heterocycles. The van der Waals surface area contributed by atoms with Gasteiger partial charge in [0, 0.05) is 6.66 Å². The predicted octanol–water partition coefficient (Wildman–Crippen LogP) is -1.56. The summed E-state index contributed by atoms with van der Waals surface area (Å²) in [5, 5.41) is 0. The molecule has 0 amide bonds. The summed E-state index contributed by atoms with van der Waals surface area (Å²) in [5.41, 5.74) is 0. The molecule has 0 aliphatic rings. The van der Waals surface area contributed by atoms with Gasteiger partial charge in [0.05, 0.1) is 6.16 Å². The second-order valence-electron chi connectivity index (χ2n) is 1.20. The highest BCUT2D eigenvalue weighted by Gasteiger charge is 1.74. The van der Waals surface area contributed by atoms with E-state index in [-0.39, 0.29) is 12.4 Å². The van der Waals surface area contributed by atoms with Crippen molar-refractivity contribution in [3.63, 3.8) is 0 Å². The zero-order valence-corrected chi connectivity index (χ0v) is 6.28. The Kier molecular flexibility index (Phi) is 15.1. The molecule has 1 unspecified atom stereocenters. The van der Waals surface area contributed by atoms with E-state index >= 15 is 0 Å². The van der Waals surface area contributed by atoms with E-state index < -0.39 is 0 Å². The SMILES string of the molecule is CCC[PH2+]C.[Cl-]. The standard InChI is InChI=1S/C4H11P.ClH/c1-3-4-5-2;/h5H,3-4H2,1-2H3;1H. The molecule has 0 fully saturated rings. The smallest absolute Gasteiger partial charge is 0.0544 e. The highest BCUT2D eigenvalue weighted by Crippen LogP contribution is 2.01. The van der Waals surface area contributed by atoms with Gasteiger partial charge in [0.2, 0.25) is 0 Å². The van der Waals surface area contributed by atoms with Crippen LogP contribution in [0.15, 0.2) is 0 Å². The molecule has 40 valence electrons. The normalized spacial score (nSPS) is 9.00. The van der Waals surface area contributed by atoms with Gasteiger partial charge in [-0.3, -0.25) is 0 Å². The molecule has 0 saturated heterocycles. The van der Waals surface area contributed by atoms with Crippen LogP contribution in [0.2, 0.25) is 0 Å². The molecule has 0 nitrogen and oxygen atoms in total. The predicted molar refractivity (Wildman–Crippen MR) is 30.8 cm³/mol. The summed E-state index contributed by atoms with van der Waals surface area (Å²) in [7, 11) is 0.786. The Labute approximate surface area is 47.9 Å². The first-order valence-corrected chi connectivity index (χ1v) is 4.16. The van der Waals surface area contributed by atoms with Crippen molar-refractivity contribution in [3.05, 3.63) is 0 Å².